The number of unbranched alkanes of at least 4 members (excludes halogenated alkanes) is 1. The number of benzene rings is 2. The molecule has 3 nitrogen and oxygen atoms in total. The lowest BCUT2D eigenvalue weighted by Crippen LogP contribution is -2.07. The van der Waals surface area contributed by atoms with Gasteiger partial charge in [-0.15, -0.1) is 0 Å². The molecule has 2 rings (SSSR count). The van der Waals surface area contributed by atoms with Crippen LogP contribution in [0.5, 0.6) is 5.75 Å². The van der Waals surface area contributed by atoms with Crippen LogP contribution in [-0.2, 0) is 11.3 Å². The summed E-state index contributed by atoms with van der Waals surface area (Å²) >= 11 is 0. The summed E-state index contributed by atoms with van der Waals surface area (Å²) < 4.78 is 11.1. The Labute approximate surface area is 132 Å². The standard InChI is InChI=1S/C19H24O3/c1-2-3-11-21-12-13-22-19-9-7-17(8-10-19)18-6-4-5-16(14-18)15-20/h4-10,14,20H,2-3,11-13,15H2,1H3. The molecule has 0 saturated carbocycles. The quantitative estimate of drug-likeness (QED) is 0.710. The number of rotatable bonds is 9. The molecule has 0 spiro atoms. The highest BCUT2D eigenvalue weighted by molar-refractivity contribution is 5.64. The fourth-order valence-electron chi connectivity index (χ4n) is 2.16. The molecular weight excluding hydrogens is 276 g/mol. The van der Waals surface area contributed by atoms with E-state index in [-0.39, 0.29) is 6.61 Å². The summed E-state index contributed by atoms with van der Waals surface area (Å²) in [5.74, 6) is 0.848. The lowest BCUT2D eigenvalue weighted by molar-refractivity contribution is 0.0981. The first kappa shape index (κ1) is 16.5. The molecule has 0 aliphatic rings. The highest BCUT2D eigenvalue weighted by Crippen LogP contribution is 2.23. The Balaban J connectivity index is 1.84. The molecule has 0 unspecified atom stereocenters. The highest BCUT2D eigenvalue weighted by atomic mass is 16.5. The van der Waals surface area contributed by atoms with Crippen molar-refractivity contribution in [2.24, 2.45) is 0 Å². The Morgan fingerprint density at radius 3 is 2.45 bits per heavy atom. The smallest absolute Gasteiger partial charge is 0.119 e. The predicted molar refractivity (Wildman–Crippen MR) is 89.0 cm³/mol. The Kier molecular flexibility index (Phi) is 6.94. The van der Waals surface area contributed by atoms with Crippen molar-refractivity contribution in [3.8, 4) is 16.9 Å². The number of hydrogen-bond donors (Lipinski definition) is 1. The molecule has 0 atom stereocenters. The Bertz CT molecular complexity index is 549. The fraction of sp³-hybridized carbons (Fsp3) is 0.368. The van der Waals surface area contributed by atoms with E-state index in [4.69, 9.17) is 9.47 Å². The summed E-state index contributed by atoms with van der Waals surface area (Å²) in [4.78, 5) is 0. The first-order valence-electron chi connectivity index (χ1n) is 7.84. The molecule has 0 aliphatic heterocycles. The molecule has 0 aromatic heterocycles. The van der Waals surface area contributed by atoms with E-state index in [1.165, 1.54) is 0 Å². The maximum atomic E-state index is 9.20. The molecular formula is C19H24O3. The summed E-state index contributed by atoms with van der Waals surface area (Å²) in [5.41, 5.74) is 3.13. The maximum Gasteiger partial charge on any atom is 0.119 e. The van der Waals surface area contributed by atoms with Crippen molar-refractivity contribution in [3.63, 3.8) is 0 Å². The average Bonchev–Trinajstić information content (AvgIpc) is 2.58. The van der Waals surface area contributed by atoms with Gasteiger partial charge in [-0.2, -0.15) is 0 Å². The number of aliphatic hydroxyl groups excluding tert-OH is 1. The number of hydrogen-bond acceptors (Lipinski definition) is 3. The van der Waals surface area contributed by atoms with Crippen LogP contribution in [0.1, 0.15) is 25.3 Å². The average molecular weight is 300 g/mol. The third-order valence-electron chi connectivity index (χ3n) is 3.44. The van der Waals surface area contributed by atoms with Gasteiger partial charge in [-0.1, -0.05) is 43.7 Å². The second-order valence-corrected chi connectivity index (χ2v) is 5.20. The van der Waals surface area contributed by atoms with Crippen molar-refractivity contribution in [1.29, 1.82) is 0 Å². The molecule has 0 radical (unpaired) electrons. The minimum absolute atomic E-state index is 0.0626. The molecule has 0 aliphatic carbocycles. The van der Waals surface area contributed by atoms with E-state index in [0.29, 0.717) is 13.2 Å². The van der Waals surface area contributed by atoms with E-state index in [1.54, 1.807) is 0 Å². The maximum absolute atomic E-state index is 9.20. The molecule has 0 heterocycles. The van der Waals surface area contributed by atoms with Crippen molar-refractivity contribution < 1.29 is 14.6 Å². The van der Waals surface area contributed by atoms with Crippen LogP contribution in [0.2, 0.25) is 0 Å². The summed E-state index contributed by atoms with van der Waals surface area (Å²) in [6, 6.07) is 15.9. The van der Waals surface area contributed by atoms with Crippen molar-refractivity contribution in [1.82, 2.24) is 0 Å². The van der Waals surface area contributed by atoms with Crippen LogP contribution in [0.4, 0.5) is 0 Å². The summed E-state index contributed by atoms with van der Waals surface area (Å²) in [6.07, 6.45) is 2.25. The van der Waals surface area contributed by atoms with E-state index in [9.17, 15) is 5.11 Å². The summed E-state index contributed by atoms with van der Waals surface area (Å²) in [6.45, 7) is 4.22. The Morgan fingerprint density at radius 2 is 1.73 bits per heavy atom. The molecule has 0 saturated heterocycles. The zero-order valence-corrected chi connectivity index (χ0v) is 13.1. The van der Waals surface area contributed by atoms with E-state index in [0.717, 1.165) is 41.9 Å². The van der Waals surface area contributed by atoms with Crippen LogP contribution < -0.4 is 4.74 Å². The van der Waals surface area contributed by atoms with Gasteiger partial charge in [-0.05, 0) is 41.3 Å². The zero-order chi connectivity index (χ0) is 15.6. The van der Waals surface area contributed by atoms with Crippen molar-refractivity contribution in [2.45, 2.75) is 26.4 Å². The van der Waals surface area contributed by atoms with Crippen LogP contribution in [0.3, 0.4) is 0 Å². The lowest BCUT2D eigenvalue weighted by Gasteiger charge is -2.08. The molecule has 3 heteroatoms. The molecule has 2 aromatic rings. The molecule has 22 heavy (non-hydrogen) atoms. The summed E-state index contributed by atoms with van der Waals surface area (Å²) in [5, 5.41) is 9.20. The van der Waals surface area contributed by atoms with E-state index >= 15 is 0 Å². The third-order valence-corrected chi connectivity index (χ3v) is 3.44. The minimum atomic E-state index is 0.0626. The van der Waals surface area contributed by atoms with Gasteiger partial charge in [-0.25, -0.2) is 0 Å². The highest BCUT2D eigenvalue weighted by Gasteiger charge is 2.00. The van der Waals surface area contributed by atoms with Crippen LogP contribution in [0.15, 0.2) is 48.5 Å². The predicted octanol–water partition coefficient (Wildman–Crippen LogP) is 4.04. The third kappa shape index (κ3) is 5.17. The SMILES string of the molecule is CCCCOCCOc1ccc(-c2cccc(CO)c2)cc1. The summed E-state index contributed by atoms with van der Waals surface area (Å²) in [7, 11) is 0. The fourth-order valence-corrected chi connectivity index (χ4v) is 2.16. The van der Waals surface area contributed by atoms with Crippen molar-refractivity contribution in [3.05, 3.63) is 54.1 Å². The van der Waals surface area contributed by atoms with Gasteiger partial charge in [-0.3, -0.25) is 0 Å². The Hall–Kier alpha value is -1.84. The molecule has 1 N–H and O–H groups in total. The minimum Gasteiger partial charge on any atom is -0.491 e. The topological polar surface area (TPSA) is 38.7 Å². The largest absolute Gasteiger partial charge is 0.491 e. The van der Waals surface area contributed by atoms with Gasteiger partial charge in [0, 0.05) is 6.61 Å². The molecule has 0 bridgehead atoms. The first-order chi connectivity index (χ1) is 10.8. The van der Waals surface area contributed by atoms with Crippen LogP contribution in [0.25, 0.3) is 11.1 Å². The van der Waals surface area contributed by atoms with Gasteiger partial charge < -0.3 is 14.6 Å². The number of ether oxygens (including phenoxy) is 2. The second-order valence-electron chi connectivity index (χ2n) is 5.20. The van der Waals surface area contributed by atoms with E-state index < -0.39 is 0 Å². The van der Waals surface area contributed by atoms with Gasteiger partial charge in [0.1, 0.15) is 12.4 Å². The van der Waals surface area contributed by atoms with E-state index in [1.807, 2.05) is 48.5 Å². The second kappa shape index (κ2) is 9.23. The van der Waals surface area contributed by atoms with Crippen molar-refractivity contribution >= 4 is 0 Å². The van der Waals surface area contributed by atoms with Gasteiger partial charge in [0.05, 0.1) is 13.2 Å². The lowest BCUT2D eigenvalue weighted by atomic mass is 10.0. The monoisotopic (exact) mass is 300 g/mol. The van der Waals surface area contributed by atoms with Gasteiger partial charge in [0.2, 0.25) is 0 Å². The first-order valence-corrected chi connectivity index (χ1v) is 7.84. The number of aliphatic hydroxyl groups is 1. The van der Waals surface area contributed by atoms with Gasteiger partial charge in [0.25, 0.3) is 0 Å². The van der Waals surface area contributed by atoms with E-state index in [2.05, 4.69) is 6.92 Å². The Morgan fingerprint density at radius 1 is 0.909 bits per heavy atom. The molecule has 0 amide bonds. The van der Waals surface area contributed by atoms with Crippen LogP contribution in [0, 0.1) is 0 Å². The normalized spacial score (nSPS) is 10.6. The van der Waals surface area contributed by atoms with Crippen LogP contribution in [-0.4, -0.2) is 24.9 Å². The van der Waals surface area contributed by atoms with Gasteiger partial charge >= 0.3 is 0 Å². The zero-order valence-electron chi connectivity index (χ0n) is 13.1. The van der Waals surface area contributed by atoms with Crippen LogP contribution >= 0.6 is 0 Å². The molecule has 118 valence electrons. The molecule has 0 fully saturated rings. The molecule has 2 aromatic carbocycles. The van der Waals surface area contributed by atoms with Crippen molar-refractivity contribution in [2.75, 3.05) is 19.8 Å². The van der Waals surface area contributed by atoms with Gasteiger partial charge in [0.15, 0.2) is 0 Å².